The van der Waals surface area contributed by atoms with Gasteiger partial charge < -0.3 is 9.88 Å². The molecular weight excluding hydrogens is 320 g/mol. The molecule has 4 nitrogen and oxygen atoms in total. The van der Waals surface area contributed by atoms with E-state index < -0.39 is 0 Å². The van der Waals surface area contributed by atoms with E-state index >= 15 is 0 Å². The molecule has 2 aromatic carbocycles. The van der Waals surface area contributed by atoms with Gasteiger partial charge in [0.2, 0.25) is 0 Å². The van der Waals surface area contributed by atoms with E-state index in [1.54, 1.807) is 6.20 Å². The Kier molecular flexibility index (Phi) is 3.57. The van der Waals surface area contributed by atoms with Crippen LogP contribution < -0.4 is 0 Å². The fourth-order valence-corrected chi connectivity index (χ4v) is 4.01. The van der Waals surface area contributed by atoms with Crippen LogP contribution >= 0.6 is 0 Å². The van der Waals surface area contributed by atoms with Crippen molar-refractivity contribution in [2.75, 3.05) is 13.6 Å². The van der Waals surface area contributed by atoms with Gasteiger partial charge in [-0.3, -0.25) is 0 Å². The van der Waals surface area contributed by atoms with Gasteiger partial charge in [-0.15, -0.1) is 0 Å². The number of para-hydroxylation sites is 1. The number of aromatic nitrogens is 3. The van der Waals surface area contributed by atoms with E-state index in [2.05, 4.69) is 75.7 Å². The second kappa shape index (κ2) is 6.07. The maximum Gasteiger partial charge on any atom is 0.0929 e. The van der Waals surface area contributed by atoms with Crippen molar-refractivity contribution in [2.24, 2.45) is 0 Å². The number of rotatable bonds is 2. The number of benzene rings is 2. The molecule has 0 bridgehead atoms. The van der Waals surface area contributed by atoms with Crippen molar-refractivity contribution in [3.8, 4) is 11.3 Å². The highest BCUT2D eigenvalue weighted by atomic mass is 15.1. The summed E-state index contributed by atoms with van der Waals surface area (Å²) in [7, 11) is 2.19. The molecule has 2 aromatic heterocycles. The smallest absolute Gasteiger partial charge is 0.0929 e. The number of nitrogens with zero attached hydrogens (tertiary/aromatic N) is 3. The third-order valence-corrected chi connectivity index (χ3v) is 5.25. The number of H-pyrrole nitrogens is 1. The van der Waals surface area contributed by atoms with E-state index in [1.807, 2.05) is 12.1 Å². The van der Waals surface area contributed by atoms with Crippen LogP contribution in [0.5, 0.6) is 0 Å². The second-order valence-electron chi connectivity index (χ2n) is 7.08. The van der Waals surface area contributed by atoms with Crippen molar-refractivity contribution >= 4 is 10.9 Å². The topological polar surface area (TPSA) is 44.8 Å². The fraction of sp³-hybridized carbons (Fsp3) is 0.182. The summed E-state index contributed by atoms with van der Waals surface area (Å²) >= 11 is 0. The first kappa shape index (κ1) is 15.3. The quantitative estimate of drug-likeness (QED) is 0.595. The molecule has 0 saturated carbocycles. The molecule has 0 spiro atoms. The standard InChI is InChI=1S/C22H20N4/c1-26-13-17-11-16(21-7-4-10-23-25-21)8-9-18(17)19(14-26)22-12-15-5-2-3-6-20(15)24-22/h2-12,19,24H,13-14H2,1H3. The molecule has 3 heterocycles. The number of hydrogen-bond acceptors (Lipinski definition) is 3. The summed E-state index contributed by atoms with van der Waals surface area (Å²) in [5.74, 6) is 0.354. The zero-order valence-corrected chi connectivity index (χ0v) is 14.7. The Balaban J connectivity index is 1.59. The Morgan fingerprint density at radius 2 is 1.96 bits per heavy atom. The largest absolute Gasteiger partial charge is 0.358 e. The van der Waals surface area contributed by atoms with E-state index in [0.29, 0.717) is 5.92 Å². The number of likely N-dealkylation sites (N-methyl/N-ethyl adjacent to an activating group) is 1. The Morgan fingerprint density at radius 1 is 1.04 bits per heavy atom. The van der Waals surface area contributed by atoms with Gasteiger partial charge in [0.15, 0.2) is 0 Å². The maximum absolute atomic E-state index is 4.25. The molecule has 1 N–H and O–H groups in total. The van der Waals surface area contributed by atoms with Gasteiger partial charge in [0.25, 0.3) is 0 Å². The van der Waals surface area contributed by atoms with Gasteiger partial charge in [-0.2, -0.15) is 10.2 Å². The highest BCUT2D eigenvalue weighted by Gasteiger charge is 2.26. The minimum absolute atomic E-state index is 0.354. The van der Waals surface area contributed by atoms with Crippen LogP contribution in [-0.4, -0.2) is 33.7 Å². The van der Waals surface area contributed by atoms with Crippen molar-refractivity contribution < 1.29 is 0 Å². The van der Waals surface area contributed by atoms with Gasteiger partial charge in [-0.25, -0.2) is 0 Å². The molecule has 0 fully saturated rings. The lowest BCUT2D eigenvalue weighted by molar-refractivity contribution is 0.294. The van der Waals surface area contributed by atoms with E-state index in [1.165, 1.54) is 27.7 Å². The molecular formula is C22H20N4. The van der Waals surface area contributed by atoms with Crippen LogP contribution in [-0.2, 0) is 6.54 Å². The SMILES string of the molecule is CN1Cc2cc(-c3cccnn3)ccc2C(c2cc3ccccc3[nH]2)C1. The van der Waals surface area contributed by atoms with Gasteiger partial charge in [0.1, 0.15) is 0 Å². The Morgan fingerprint density at radius 3 is 2.81 bits per heavy atom. The lowest BCUT2D eigenvalue weighted by atomic mass is 9.86. The molecule has 1 atom stereocenters. The summed E-state index contributed by atoms with van der Waals surface area (Å²) in [5.41, 5.74) is 7.31. The van der Waals surface area contributed by atoms with Crippen LogP contribution in [0, 0.1) is 0 Å². The summed E-state index contributed by atoms with van der Waals surface area (Å²) in [6.07, 6.45) is 1.71. The van der Waals surface area contributed by atoms with Gasteiger partial charge >= 0.3 is 0 Å². The average Bonchev–Trinajstić information content (AvgIpc) is 3.11. The summed E-state index contributed by atoms with van der Waals surface area (Å²) in [6.45, 7) is 1.98. The molecule has 1 aliphatic rings. The van der Waals surface area contributed by atoms with Gasteiger partial charge in [0.05, 0.1) is 5.69 Å². The van der Waals surface area contributed by atoms with Crippen LogP contribution in [0.3, 0.4) is 0 Å². The number of nitrogens with one attached hydrogen (secondary N) is 1. The minimum atomic E-state index is 0.354. The van der Waals surface area contributed by atoms with Crippen molar-refractivity contribution in [3.63, 3.8) is 0 Å². The average molecular weight is 340 g/mol. The minimum Gasteiger partial charge on any atom is -0.358 e. The lowest BCUT2D eigenvalue weighted by Gasteiger charge is -2.32. The first-order chi connectivity index (χ1) is 12.8. The molecule has 0 aliphatic carbocycles. The van der Waals surface area contributed by atoms with Crippen molar-refractivity contribution in [2.45, 2.75) is 12.5 Å². The Bertz CT molecular complexity index is 1030. The zero-order valence-electron chi connectivity index (χ0n) is 14.7. The molecule has 1 unspecified atom stereocenters. The molecule has 1 aliphatic heterocycles. The maximum atomic E-state index is 4.25. The molecule has 26 heavy (non-hydrogen) atoms. The summed E-state index contributed by atoms with van der Waals surface area (Å²) < 4.78 is 0. The molecule has 0 radical (unpaired) electrons. The Hall–Kier alpha value is -2.98. The number of aromatic amines is 1. The normalized spacial score (nSPS) is 17.3. The monoisotopic (exact) mass is 340 g/mol. The Labute approximate surface area is 152 Å². The van der Waals surface area contributed by atoms with E-state index in [4.69, 9.17) is 0 Å². The van der Waals surface area contributed by atoms with Crippen molar-refractivity contribution in [3.05, 3.63) is 83.7 Å². The third-order valence-electron chi connectivity index (χ3n) is 5.25. The second-order valence-corrected chi connectivity index (χ2v) is 7.08. The zero-order chi connectivity index (χ0) is 17.5. The predicted octanol–water partition coefficient (Wildman–Crippen LogP) is 4.20. The summed E-state index contributed by atoms with van der Waals surface area (Å²) in [6, 6.07) is 21.4. The highest BCUT2D eigenvalue weighted by molar-refractivity contribution is 5.80. The predicted molar refractivity (Wildman–Crippen MR) is 104 cm³/mol. The van der Waals surface area contributed by atoms with E-state index in [9.17, 15) is 0 Å². The molecule has 4 aromatic rings. The first-order valence-corrected chi connectivity index (χ1v) is 8.95. The van der Waals surface area contributed by atoms with Gasteiger partial charge in [-0.05, 0) is 53.9 Å². The number of hydrogen-bond donors (Lipinski definition) is 1. The van der Waals surface area contributed by atoms with Crippen LogP contribution in [0.25, 0.3) is 22.2 Å². The molecule has 0 saturated heterocycles. The lowest BCUT2D eigenvalue weighted by Crippen LogP contribution is -2.31. The van der Waals surface area contributed by atoms with Crippen LogP contribution in [0.1, 0.15) is 22.7 Å². The van der Waals surface area contributed by atoms with Crippen molar-refractivity contribution in [1.82, 2.24) is 20.1 Å². The molecule has 4 heteroatoms. The first-order valence-electron chi connectivity index (χ1n) is 8.95. The fourth-order valence-electron chi connectivity index (χ4n) is 4.01. The van der Waals surface area contributed by atoms with Crippen LogP contribution in [0.4, 0.5) is 0 Å². The molecule has 0 amide bonds. The number of fused-ring (bicyclic) bond motifs is 2. The summed E-state index contributed by atoms with van der Waals surface area (Å²) in [4.78, 5) is 6.01. The van der Waals surface area contributed by atoms with Gasteiger partial charge in [-0.1, -0.05) is 30.3 Å². The van der Waals surface area contributed by atoms with E-state index in [0.717, 1.165) is 24.3 Å². The van der Waals surface area contributed by atoms with Crippen molar-refractivity contribution in [1.29, 1.82) is 0 Å². The van der Waals surface area contributed by atoms with Crippen LogP contribution in [0.2, 0.25) is 0 Å². The molecule has 5 rings (SSSR count). The summed E-state index contributed by atoms with van der Waals surface area (Å²) in [5, 5.41) is 9.53. The van der Waals surface area contributed by atoms with E-state index in [-0.39, 0.29) is 0 Å². The van der Waals surface area contributed by atoms with Crippen LogP contribution in [0.15, 0.2) is 66.9 Å². The third kappa shape index (κ3) is 2.59. The highest BCUT2D eigenvalue weighted by Crippen LogP contribution is 2.35. The molecule has 128 valence electrons. The van der Waals surface area contributed by atoms with Gasteiger partial charge in [0, 0.05) is 42.0 Å².